The summed E-state index contributed by atoms with van der Waals surface area (Å²) in [6.45, 7) is 1.72. The van der Waals surface area contributed by atoms with Crippen molar-refractivity contribution >= 4 is 44.6 Å². The minimum absolute atomic E-state index is 0.0181. The molecule has 10 nitrogen and oxygen atoms in total. The molecule has 3 heterocycles. The summed E-state index contributed by atoms with van der Waals surface area (Å²) in [6.07, 6.45) is 5.48. The lowest BCUT2D eigenvalue weighted by Crippen LogP contribution is -2.10. The number of halogens is 1. The molecule has 3 aromatic rings. The quantitative estimate of drug-likeness (QED) is 0.540. The maximum Gasteiger partial charge on any atom is 0.229 e. The average molecular weight is 407 g/mol. The predicted molar refractivity (Wildman–Crippen MR) is 103 cm³/mol. The second-order valence-corrected chi connectivity index (χ2v) is 7.65. The number of hydrogen-bond donors (Lipinski definition) is 3. The molecule has 0 radical (unpaired) electrons. The van der Waals surface area contributed by atoms with Crippen LogP contribution in [0.15, 0.2) is 30.7 Å². The third-order valence-corrected chi connectivity index (χ3v) is 4.09. The molecule has 0 atom stereocenters. The number of pyridine rings is 1. The largest absolute Gasteiger partial charge is 0.384 e. The highest BCUT2D eigenvalue weighted by molar-refractivity contribution is 7.92. The third kappa shape index (κ3) is 4.77. The number of sulfonamides is 1. The number of aryl methyl sites for hydroxylation is 1. The molecule has 0 saturated heterocycles. The van der Waals surface area contributed by atoms with E-state index in [-0.39, 0.29) is 10.8 Å². The molecule has 0 aliphatic rings. The van der Waals surface area contributed by atoms with Gasteiger partial charge in [-0.25, -0.2) is 33.3 Å². The number of nitrogen functional groups attached to an aromatic ring is 1. The highest BCUT2D eigenvalue weighted by Crippen LogP contribution is 2.29. The van der Waals surface area contributed by atoms with Crippen molar-refractivity contribution in [1.29, 1.82) is 0 Å². The summed E-state index contributed by atoms with van der Waals surface area (Å²) in [5, 5.41) is 3.05. The minimum Gasteiger partial charge on any atom is -0.384 e. The van der Waals surface area contributed by atoms with Crippen molar-refractivity contribution in [3.8, 4) is 11.4 Å². The van der Waals surface area contributed by atoms with Gasteiger partial charge >= 0.3 is 0 Å². The lowest BCUT2D eigenvalue weighted by atomic mass is 10.2. The summed E-state index contributed by atoms with van der Waals surface area (Å²) in [7, 11) is -3.51. The summed E-state index contributed by atoms with van der Waals surface area (Å²) in [6, 6.07) is 3.08. The summed E-state index contributed by atoms with van der Waals surface area (Å²) in [5.41, 5.74) is 7.31. The molecule has 140 valence electrons. The zero-order chi connectivity index (χ0) is 19.6. The Labute approximate surface area is 160 Å². The smallest absolute Gasteiger partial charge is 0.229 e. The van der Waals surface area contributed by atoms with Gasteiger partial charge in [0.05, 0.1) is 29.5 Å². The fourth-order valence-corrected chi connectivity index (χ4v) is 3.02. The topological polar surface area (TPSA) is 149 Å². The van der Waals surface area contributed by atoms with E-state index in [4.69, 9.17) is 17.3 Å². The van der Waals surface area contributed by atoms with Gasteiger partial charge in [0.1, 0.15) is 17.3 Å². The molecule has 3 aromatic heterocycles. The predicted octanol–water partition coefficient (Wildman–Crippen LogP) is 1.99. The Bertz CT molecular complexity index is 1090. The van der Waals surface area contributed by atoms with Gasteiger partial charge in [0.2, 0.25) is 10.0 Å². The van der Waals surface area contributed by atoms with Crippen LogP contribution in [0.2, 0.25) is 5.15 Å². The van der Waals surface area contributed by atoms with Crippen LogP contribution in [-0.2, 0) is 10.0 Å². The van der Waals surface area contributed by atoms with Gasteiger partial charge in [-0.2, -0.15) is 0 Å². The van der Waals surface area contributed by atoms with Crippen LogP contribution in [0.1, 0.15) is 5.82 Å². The summed E-state index contributed by atoms with van der Waals surface area (Å²) >= 11 is 5.94. The molecular weight excluding hydrogens is 392 g/mol. The molecule has 0 bridgehead atoms. The van der Waals surface area contributed by atoms with Crippen LogP contribution in [0.5, 0.6) is 0 Å². The Morgan fingerprint density at radius 3 is 2.56 bits per heavy atom. The van der Waals surface area contributed by atoms with Crippen LogP contribution >= 0.6 is 11.6 Å². The van der Waals surface area contributed by atoms with Crippen molar-refractivity contribution in [1.82, 2.24) is 24.9 Å². The monoisotopic (exact) mass is 406 g/mol. The van der Waals surface area contributed by atoms with E-state index in [1.807, 2.05) is 0 Å². The van der Waals surface area contributed by atoms with E-state index in [1.165, 1.54) is 24.7 Å². The van der Waals surface area contributed by atoms with Crippen LogP contribution in [0.4, 0.5) is 23.0 Å². The number of nitrogens with one attached hydrogen (secondary N) is 2. The Kier molecular flexibility index (Phi) is 5.06. The van der Waals surface area contributed by atoms with Gasteiger partial charge in [-0.05, 0) is 13.0 Å². The van der Waals surface area contributed by atoms with E-state index in [1.54, 1.807) is 13.0 Å². The van der Waals surface area contributed by atoms with Gasteiger partial charge < -0.3 is 11.1 Å². The number of nitrogens with two attached hydrogens (primary N) is 1. The maximum absolute atomic E-state index is 11.5. The summed E-state index contributed by atoms with van der Waals surface area (Å²) in [5.74, 6) is 1.18. The average Bonchev–Trinajstić information content (AvgIpc) is 2.56. The van der Waals surface area contributed by atoms with Crippen molar-refractivity contribution in [3.05, 3.63) is 41.7 Å². The highest BCUT2D eigenvalue weighted by atomic mass is 35.5. The Hall–Kier alpha value is -3.05. The van der Waals surface area contributed by atoms with Crippen molar-refractivity contribution in [2.45, 2.75) is 6.92 Å². The number of anilines is 4. The first-order valence-corrected chi connectivity index (χ1v) is 9.81. The number of hydrogen-bond acceptors (Lipinski definition) is 9. The van der Waals surface area contributed by atoms with Crippen LogP contribution in [-0.4, -0.2) is 39.6 Å². The standard InChI is InChI=1S/C15H15ClN8O2S/c1-8-21-10(6-12(17)22-8)13-15(19-4-3-18-13)23-9-5-11(14(16)20-7-9)24-27(2,25)26/h3-7,24H,1-2H3,(H,19,23)(H2,17,21,22). The van der Waals surface area contributed by atoms with Gasteiger partial charge in [0.25, 0.3) is 0 Å². The molecule has 0 unspecified atom stereocenters. The van der Waals surface area contributed by atoms with E-state index in [2.05, 4.69) is 35.0 Å². The minimum atomic E-state index is -3.51. The van der Waals surface area contributed by atoms with Gasteiger partial charge in [-0.3, -0.25) is 4.72 Å². The SMILES string of the molecule is Cc1nc(N)cc(-c2nccnc2Nc2cnc(Cl)c(NS(C)(=O)=O)c2)n1. The summed E-state index contributed by atoms with van der Waals surface area (Å²) in [4.78, 5) is 20.9. The van der Waals surface area contributed by atoms with E-state index in [0.717, 1.165) is 6.26 Å². The van der Waals surface area contributed by atoms with Crippen molar-refractivity contribution < 1.29 is 8.42 Å². The van der Waals surface area contributed by atoms with E-state index in [0.29, 0.717) is 34.5 Å². The highest BCUT2D eigenvalue weighted by Gasteiger charge is 2.13. The fourth-order valence-electron chi connectivity index (χ4n) is 2.25. The van der Waals surface area contributed by atoms with E-state index in [9.17, 15) is 8.42 Å². The maximum atomic E-state index is 11.5. The Morgan fingerprint density at radius 2 is 1.85 bits per heavy atom. The first kappa shape index (κ1) is 18.7. The van der Waals surface area contributed by atoms with Gasteiger partial charge in [-0.1, -0.05) is 11.6 Å². The van der Waals surface area contributed by atoms with E-state index < -0.39 is 10.0 Å². The zero-order valence-electron chi connectivity index (χ0n) is 14.3. The first-order chi connectivity index (χ1) is 12.7. The normalized spacial score (nSPS) is 11.2. The van der Waals surface area contributed by atoms with Crippen LogP contribution < -0.4 is 15.8 Å². The molecule has 0 amide bonds. The molecule has 0 aliphatic heterocycles. The number of aromatic nitrogens is 5. The van der Waals surface area contributed by atoms with Crippen molar-refractivity contribution in [2.24, 2.45) is 0 Å². The van der Waals surface area contributed by atoms with Crippen LogP contribution in [0, 0.1) is 6.92 Å². The first-order valence-electron chi connectivity index (χ1n) is 7.54. The molecule has 0 aliphatic carbocycles. The molecule has 0 fully saturated rings. The Morgan fingerprint density at radius 1 is 1.11 bits per heavy atom. The Balaban J connectivity index is 1.99. The molecule has 3 rings (SSSR count). The summed E-state index contributed by atoms with van der Waals surface area (Å²) < 4.78 is 25.2. The van der Waals surface area contributed by atoms with Crippen LogP contribution in [0.25, 0.3) is 11.4 Å². The number of nitrogens with zero attached hydrogens (tertiary/aromatic N) is 5. The third-order valence-electron chi connectivity index (χ3n) is 3.20. The van der Waals surface area contributed by atoms with Crippen molar-refractivity contribution in [3.63, 3.8) is 0 Å². The van der Waals surface area contributed by atoms with Gasteiger partial charge in [0, 0.05) is 18.5 Å². The van der Waals surface area contributed by atoms with Gasteiger partial charge in [0.15, 0.2) is 11.0 Å². The van der Waals surface area contributed by atoms with Gasteiger partial charge in [-0.15, -0.1) is 0 Å². The lowest BCUT2D eigenvalue weighted by molar-refractivity contribution is 0.607. The molecule has 27 heavy (non-hydrogen) atoms. The second-order valence-electron chi connectivity index (χ2n) is 5.54. The van der Waals surface area contributed by atoms with Crippen LogP contribution in [0.3, 0.4) is 0 Å². The molecule has 4 N–H and O–H groups in total. The number of rotatable bonds is 5. The molecule has 12 heteroatoms. The zero-order valence-corrected chi connectivity index (χ0v) is 15.9. The lowest BCUT2D eigenvalue weighted by Gasteiger charge is -2.12. The van der Waals surface area contributed by atoms with E-state index >= 15 is 0 Å². The fraction of sp³-hybridized carbons (Fsp3) is 0.133. The molecule has 0 saturated carbocycles. The van der Waals surface area contributed by atoms with Crippen molar-refractivity contribution in [2.75, 3.05) is 22.0 Å². The molecule has 0 aromatic carbocycles. The molecule has 0 spiro atoms. The second kappa shape index (κ2) is 7.29. The molecular formula is C15H15ClN8O2S.